The first-order chi connectivity index (χ1) is 9.97. The molecule has 0 spiro atoms. The average molecular weight is 297 g/mol. The molecular weight excluding hydrogens is 274 g/mol. The topological polar surface area (TPSA) is 98.7 Å². The average Bonchev–Trinajstić information content (AvgIpc) is 2.85. The van der Waals surface area contributed by atoms with Gasteiger partial charge in [-0.2, -0.15) is 0 Å². The molecule has 0 aromatic heterocycles. The molecule has 2 rings (SSSR count). The fourth-order valence-electron chi connectivity index (χ4n) is 3.16. The normalized spacial score (nSPS) is 24.5. The summed E-state index contributed by atoms with van der Waals surface area (Å²) in [4.78, 5) is 36.4. The molecule has 7 heteroatoms. The van der Waals surface area contributed by atoms with E-state index in [4.69, 9.17) is 0 Å². The first kappa shape index (κ1) is 15.6. The van der Waals surface area contributed by atoms with Crippen molar-refractivity contribution in [3.63, 3.8) is 0 Å². The molecule has 0 radical (unpaired) electrons. The lowest BCUT2D eigenvalue weighted by Gasteiger charge is -2.39. The third-order valence-electron chi connectivity index (χ3n) is 4.50. The minimum absolute atomic E-state index is 0.0493. The van der Waals surface area contributed by atoms with Crippen molar-refractivity contribution in [3.05, 3.63) is 0 Å². The first-order valence-electron chi connectivity index (χ1n) is 7.52. The van der Waals surface area contributed by atoms with Crippen molar-refractivity contribution in [1.82, 2.24) is 15.5 Å². The van der Waals surface area contributed by atoms with Crippen LogP contribution in [0.25, 0.3) is 0 Å². The third-order valence-corrected chi connectivity index (χ3v) is 4.50. The number of hydrogen-bond acceptors (Lipinski definition) is 3. The Morgan fingerprint density at radius 1 is 1.43 bits per heavy atom. The molecule has 1 unspecified atom stereocenters. The summed E-state index contributed by atoms with van der Waals surface area (Å²) in [5.74, 6) is -0.804. The van der Waals surface area contributed by atoms with Gasteiger partial charge in [0, 0.05) is 26.1 Å². The summed E-state index contributed by atoms with van der Waals surface area (Å²) >= 11 is 0. The molecule has 2 heterocycles. The molecule has 2 aliphatic rings. The van der Waals surface area contributed by atoms with Gasteiger partial charge < -0.3 is 20.6 Å². The smallest absolute Gasteiger partial charge is 0.317 e. The lowest BCUT2D eigenvalue weighted by atomic mass is 9.75. The highest BCUT2D eigenvalue weighted by Gasteiger charge is 2.41. The Morgan fingerprint density at radius 3 is 2.57 bits per heavy atom. The fourth-order valence-corrected chi connectivity index (χ4v) is 3.16. The predicted molar refractivity (Wildman–Crippen MR) is 75.7 cm³/mol. The Balaban J connectivity index is 1.86. The van der Waals surface area contributed by atoms with Crippen molar-refractivity contribution in [2.24, 2.45) is 5.41 Å². The van der Waals surface area contributed by atoms with Crippen LogP contribution in [-0.4, -0.2) is 53.6 Å². The molecule has 7 nitrogen and oxygen atoms in total. The zero-order chi connectivity index (χ0) is 15.5. The van der Waals surface area contributed by atoms with Gasteiger partial charge in [-0.1, -0.05) is 13.3 Å². The highest BCUT2D eigenvalue weighted by Crippen LogP contribution is 2.36. The molecule has 0 aliphatic carbocycles. The lowest BCUT2D eigenvalue weighted by Crippen LogP contribution is -2.51. The minimum atomic E-state index is -0.755. The van der Waals surface area contributed by atoms with E-state index >= 15 is 0 Å². The van der Waals surface area contributed by atoms with Crippen molar-refractivity contribution in [2.45, 2.75) is 45.1 Å². The fraction of sp³-hybridized carbons (Fsp3) is 0.786. The number of piperidine rings is 1. The van der Waals surface area contributed by atoms with Crippen LogP contribution in [0.2, 0.25) is 0 Å². The Bertz CT molecular complexity index is 430. The Morgan fingerprint density at radius 2 is 2.10 bits per heavy atom. The van der Waals surface area contributed by atoms with Crippen molar-refractivity contribution in [1.29, 1.82) is 0 Å². The molecule has 2 saturated heterocycles. The number of urea groups is 1. The summed E-state index contributed by atoms with van der Waals surface area (Å²) in [6, 6.07) is -0.362. The number of carbonyl (C=O) groups is 3. The second kappa shape index (κ2) is 6.32. The Labute approximate surface area is 124 Å². The monoisotopic (exact) mass is 297 g/mol. The molecule has 118 valence electrons. The van der Waals surface area contributed by atoms with Crippen molar-refractivity contribution < 1.29 is 19.5 Å². The highest BCUT2D eigenvalue weighted by molar-refractivity contribution is 5.81. The number of aliphatic carboxylic acids is 1. The SMILES string of the molecule is CCCC1(C(=O)O)CCN(C(=O)NC2CNC(=O)C2)CC1. The molecule has 2 fully saturated rings. The largest absolute Gasteiger partial charge is 0.481 e. The van der Waals surface area contributed by atoms with Crippen LogP contribution >= 0.6 is 0 Å². The van der Waals surface area contributed by atoms with Gasteiger partial charge in [0.25, 0.3) is 0 Å². The van der Waals surface area contributed by atoms with E-state index in [0.717, 1.165) is 6.42 Å². The van der Waals surface area contributed by atoms with Gasteiger partial charge in [0.05, 0.1) is 11.5 Å². The van der Waals surface area contributed by atoms with Crippen LogP contribution in [0.5, 0.6) is 0 Å². The van der Waals surface area contributed by atoms with Crippen LogP contribution in [-0.2, 0) is 9.59 Å². The van der Waals surface area contributed by atoms with Crippen molar-refractivity contribution in [3.8, 4) is 0 Å². The molecule has 3 N–H and O–H groups in total. The molecule has 0 bridgehead atoms. The van der Waals surface area contributed by atoms with Crippen LogP contribution in [0.1, 0.15) is 39.0 Å². The maximum absolute atomic E-state index is 12.1. The third kappa shape index (κ3) is 3.46. The van der Waals surface area contributed by atoms with Crippen molar-refractivity contribution >= 4 is 17.9 Å². The standard InChI is InChI=1S/C14H23N3O4/c1-2-3-14(12(19)20)4-6-17(7-5-14)13(21)16-10-8-11(18)15-9-10/h10H,2-9H2,1H3,(H,15,18)(H,16,21)(H,19,20). The molecule has 0 aromatic rings. The lowest BCUT2D eigenvalue weighted by molar-refractivity contribution is -0.152. The van der Waals surface area contributed by atoms with Crippen LogP contribution in [0.15, 0.2) is 0 Å². The van der Waals surface area contributed by atoms with Gasteiger partial charge in [-0.15, -0.1) is 0 Å². The number of hydrogen-bond donors (Lipinski definition) is 3. The van der Waals surface area contributed by atoms with E-state index in [1.165, 1.54) is 0 Å². The van der Waals surface area contributed by atoms with Crippen molar-refractivity contribution in [2.75, 3.05) is 19.6 Å². The molecule has 0 aromatic carbocycles. The van der Waals surface area contributed by atoms with Gasteiger partial charge in [-0.05, 0) is 19.3 Å². The zero-order valence-electron chi connectivity index (χ0n) is 12.4. The van der Waals surface area contributed by atoms with Crippen LogP contribution in [0.3, 0.4) is 0 Å². The van der Waals surface area contributed by atoms with Gasteiger partial charge in [-0.25, -0.2) is 4.79 Å². The molecule has 21 heavy (non-hydrogen) atoms. The van der Waals surface area contributed by atoms with Crippen LogP contribution in [0, 0.1) is 5.41 Å². The minimum Gasteiger partial charge on any atom is -0.481 e. The summed E-state index contributed by atoms with van der Waals surface area (Å²) in [5.41, 5.74) is -0.684. The van der Waals surface area contributed by atoms with E-state index in [1.54, 1.807) is 4.90 Å². The summed E-state index contributed by atoms with van der Waals surface area (Å²) in [5, 5.41) is 14.9. The second-order valence-corrected chi connectivity index (χ2v) is 5.98. The van der Waals surface area contributed by atoms with E-state index in [1.807, 2.05) is 6.92 Å². The summed E-state index contributed by atoms with van der Waals surface area (Å²) in [7, 11) is 0. The maximum atomic E-state index is 12.1. The van der Waals surface area contributed by atoms with Gasteiger partial charge in [0.15, 0.2) is 0 Å². The van der Waals surface area contributed by atoms with E-state index in [0.29, 0.717) is 45.3 Å². The second-order valence-electron chi connectivity index (χ2n) is 5.98. The molecular formula is C14H23N3O4. The Kier molecular flexibility index (Phi) is 4.69. The Hall–Kier alpha value is -1.79. The summed E-state index contributed by atoms with van der Waals surface area (Å²) in [6.45, 7) is 3.35. The van der Waals surface area contributed by atoms with Crippen LogP contribution < -0.4 is 10.6 Å². The van der Waals surface area contributed by atoms with E-state index in [9.17, 15) is 19.5 Å². The number of carbonyl (C=O) groups excluding carboxylic acids is 2. The zero-order valence-corrected chi connectivity index (χ0v) is 12.4. The van der Waals surface area contributed by atoms with Gasteiger partial charge >= 0.3 is 12.0 Å². The summed E-state index contributed by atoms with van der Waals surface area (Å²) < 4.78 is 0. The number of nitrogens with one attached hydrogen (secondary N) is 2. The predicted octanol–water partition coefficient (Wildman–Crippen LogP) is 0.551. The highest BCUT2D eigenvalue weighted by atomic mass is 16.4. The number of rotatable bonds is 4. The van der Waals surface area contributed by atoms with Gasteiger partial charge in [0.1, 0.15) is 0 Å². The van der Waals surface area contributed by atoms with E-state index in [-0.39, 0.29) is 18.0 Å². The molecule has 0 saturated carbocycles. The molecule has 3 amide bonds. The number of nitrogens with zero attached hydrogens (tertiary/aromatic N) is 1. The van der Waals surface area contributed by atoms with E-state index < -0.39 is 11.4 Å². The quantitative estimate of drug-likeness (QED) is 0.705. The number of carboxylic acid groups (broad SMARTS) is 1. The molecule has 2 aliphatic heterocycles. The number of amides is 3. The first-order valence-corrected chi connectivity index (χ1v) is 7.52. The maximum Gasteiger partial charge on any atom is 0.317 e. The molecule has 1 atom stereocenters. The van der Waals surface area contributed by atoms with Crippen LogP contribution in [0.4, 0.5) is 4.79 Å². The van der Waals surface area contributed by atoms with E-state index in [2.05, 4.69) is 10.6 Å². The number of carboxylic acids is 1. The number of likely N-dealkylation sites (tertiary alicyclic amines) is 1. The van der Waals surface area contributed by atoms with Gasteiger partial charge in [-0.3, -0.25) is 9.59 Å². The van der Waals surface area contributed by atoms with Gasteiger partial charge in [0.2, 0.25) is 5.91 Å². The summed E-state index contributed by atoms with van der Waals surface area (Å²) in [6.07, 6.45) is 2.78.